The maximum absolute atomic E-state index is 4.15. The van der Waals surface area contributed by atoms with Crippen LogP contribution in [0, 0.1) is 0 Å². The van der Waals surface area contributed by atoms with Gasteiger partial charge in [-0.15, -0.1) is 31.4 Å². The number of hydrogen-bond acceptors (Lipinski definition) is 2. The Morgan fingerprint density at radius 2 is 1.87 bits per heavy atom. The molecule has 1 aromatic heterocycles. The van der Waals surface area contributed by atoms with Crippen LogP contribution >= 0.6 is 24.8 Å². The molecule has 1 aliphatic heterocycles. The van der Waals surface area contributed by atoms with E-state index in [0.29, 0.717) is 6.04 Å². The van der Waals surface area contributed by atoms with E-state index in [1.807, 2.05) is 0 Å². The summed E-state index contributed by atoms with van der Waals surface area (Å²) in [6.45, 7) is 10.7. The Balaban J connectivity index is 0.00000132. The summed E-state index contributed by atoms with van der Waals surface area (Å²) in [6.07, 6.45) is 3.34. The summed E-state index contributed by atoms with van der Waals surface area (Å²) in [5.41, 5.74) is 4.01. The number of hydrogen-bond donors (Lipinski definition) is 1. The molecule has 1 aliphatic rings. The third-order valence-electron chi connectivity index (χ3n) is 4.42. The minimum absolute atomic E-state index is 0. The van der Waals surface area contributed by atoms with Crippen molar-refractivity contribution in [2.45, 2.75) is 19.4 Å². The second-order valence-corrected chi connectivity index (χ2v) is 6.18. The molecule has 1 fully saturated rings. The van der Waals surface area contributed by atoms with E-state index in [0.717, 1.165) is 32.6 Å². The molecular formula is C18H27Cl2N3. The van der Waals surface area contributed by atoms with Crippen molar-refractivity contribution in [3.05, 3.63) is 48.2 Å². The fourth-order valence-corrected chi connectivity index (χ4v) is 3.40. The van der Waals surface area contributed by atoms with Gasteiger partial charge >= 0.3 is 0 Å². The first kappa shape index (κ1) is 20.0. The lowest BCUT2D eigenvalue weighted by molar-refractivity contribution is 0.173. The summed E-state index contributed by atoms with van der Waals surface area (Å²) in [6, 6.07) is 9.15. The Morgan fingerprint density at radius 3 is 2.52 bits per heavy atom. The number of aryl methyl sites for hydroxylation is 1. The molecule has 23 heavy (non-hydrogen) atoms. The second kappa shape index (κ2) is 8.74. The average Bonchev–Trinajstić information content (AvgIpc) is 2.83. The van der Waals surface area contributed by atoms with Gasteiger partial charge in [0.25, 0.3) is 0 Å². The van der Waals surface area contributed by atoms with Gasteiger partial charge in [0.05, 0.1) is 0 Å². The molecule has 2 heterocycles. The van der Waals surface area contributed by atoms with Gasteiger partial charge in [-0.3, -0.25) is 4.90 Å². The fourth-order valence-electron chi connectivity index (χ4n) is 3.40. The molecule has 128 valence electrons. The number of benzene rings is 1. The van der Waals surface area contributed by atoms with Gasteiger partial charge in [0, 0.05) is 56.4 Å². The summed E-state index contributed by atoms with van der Waals surface area (Å²) in [5.74, 6) is 0. The van der Waals surface area contributed by atoms with Crippen molar-refractivity contribution < 1.29 is 0 Å². The maximum atomic E-state index is 4.15. The van der Waals surface area contributed by atoms with E-state index < -0.39 is 0 Å². The number of rotatable bonds is 4. The molecule has 5 heteroatoms. The Labute approximate surface area is 151 Å². The van der Waals surface area contributed by atoms with Gasteiger partial charge in [0.2, 0.25) is 0 Å². The lowest BCUT2D eigenvalue weighted by Gasteiger charge is -2.35. The predicted molar refractivity (Wildman–Crippen MR) is 104 cm³/mol. The molecule has 2 aromatic rings. The second-order valence-electron chi connectivity index (χ2n) is 6.18. The van der Waals surface area contributed by atoms with Gasteiger partial charge in [0.15, 0.2) is 0 Å². The van der Waals surface area contributed by atoms with Crippen LogP contribution in [0.5, 0.6) is 0 Å². The molecule has 0 aliphatic carbocycles. The molecule has 0 bridgehead atoms. The normalized spacial score (nSPS) is 16.4. The van der Waals surface area contributed by atoms with Crippen molar-refractivity contribution in [3.63, 3.8) is 0 Å². The van der Waals surface area contributed by atoms with E-state index >= 15 is 0 Å². The van der Waals surface area contributed by atoms with E-state index in [4.69, 9.17) is 0 Å². The predicted octanol–water partition coefficient (Wildman–Crippen LogP) is 3.93. The molecule has 0 amide bonds. The highest BCUT2D eigenvalue weighted by Gasteiger charge is 2.24. The average molecular weight is 356 g/mol. The highest BCUT2D eigenvalue weighted by Crippen LogP contribution is 2.33. The highest BCUT2D eigenvalue weighted by molar-refractivity contribution is 5.86. The van der Waals surface area contributed by atoms with Gasteiger partial charge < -0.3 is 9.88 Å². The van der Waals surface area contributed by atoms with Gasteiger partial charge in [-0.05, 0) is 25.0 Å². The van der Waals surface area contributed by atoms with Crippen LogP contribution in [-0.2, 0) is 7.05 Å². The SMILES string of the molecule is C=C(C)C[C@@H](c1cn(C)c2ccccc12)N1CCNCC1.Cl.Cl. The van der Waals surface area contributed by atoms with Crippen LogP contribution in [0.4, 0.5) is 0 Å². The quantitative estimate of drug-likeness (QED) is 0.838. The molecule has 0 spiro atoms. The lowest BCUT2D eigenvalue weighted by atomic mass is 9.97. The van der Waals surface area contributed by atoms with Crippen LogP contribution in [0.25, 0.3) is 10.9 Å². The largest absolute Gasteiger partial charge is 0.350 e. The molecular weight excluding hydrogens is 329 g/mol. The van der Waals surface area contributed by atoms with E-state index in [-0.39, 0.29) is 24.8 Å². The first-order chi connectivity index (χ1) is 10.2. The molecule has 1 aromatic carbocycles. The van der Waals surface area contributed by atoms with Gasteiger partial charge in [-0.2, -0.15) is 0 Å². The molecule has 1 saturated heterocycles. The zero-order valence-corrected chi connectivity index (χ0v) is 15.6. The van der Waals surface area contributed by atoms with Crippen molar-refractivity contribution >= 4 is 35.7 Å². The summed E-state index contributed by atoms with van der Waals surface area (Å²) in [5, 5.41) is 4.83. The van der Waals surface area contributed by atoms with Crippen LogP contribution in [0.3, 0.4) is 0 Å². The topological polar surface area (TPSA) is 20.2 Å². The molecule has 3 rings (SSSR count). The van der Waals surface area contributed by atoms with Crippen molar-refractivity contribution in [1.29, 1.82) is 0 Å². The third kappa shape index (κ3) is 4.30. The molecule has 1 N–H and O–H groups in total. The highest BCUT2D eigenvalue weighted by atomic mass is 35.5. The first-order valence-corrected chi connectivity index (χ1v) is 7.80. The molecule has 1 atom stereocenters. The Bertz CT molecular complexity index is 645. The van der Waals surface area contributed by atoms with E-state index in [9.17, 15) is 0 Å². The summed E-state index contributed by atoms with van der Waals surface area (Å²) < 4.78 is 2.25. The maximum Gasteiger partial charge on any atom is 0.0481 e. The molecule has 3 nitrogen and oxygen atoms in total. The van der Waals surface area contributed by atoms with Gasteiger partial charge in [0.1, 0.15) is 0 Å². The molecule has 0 radical (unpaired) electrons. The Hall–Kier alpha value is -1.000. The smallest absolute Gasteiger partial charge is 0.0481 e. The van der Waals surface area contributed by atoms with Gasteiger partial charge in [-0.1, -0.05) is 23.8 Å². The van der Waals surface area contributed by atoms with Crippen LogP contribution in [0.15, 0.2) is 42.6 Å². The number of halogens is 2. The monoisotopic (exact) mass is 355 g/mol. The third-order valence-corrected chi connectivity index (χ3v) is 4.42. The van der Waals surface area contributed by atoms with Crippen molar-refractivity contribution in [3.8, 4) is 0 Å². The van der Waals surface area contributed by atoms with Crippen molar-refractivity contribution in [1.82, 2.24) is 14.8 Å². The first-order valence-electron chi connectivity index (χ1n) is 7.80. The zero-order chi connectivity index (χ0) is 14.8. The van der Waals surface area contributed by atoms with Crippen molar-refractivity contribution in [2.24, 2.45) is 7.05 Å². The Morgan fingerprint density at radius 1 is 1.22 bits per heavy atom. The van der Waals surface area contributed by atoms with Crippen LogP contribution < -0.4 is 5.32 Å². The minimum Gasteiger partial charge on any atom is -0.350 e. The van der Waals surface area contributed by atoms with Crippen molar-refractivity contribution in [2.75, 3.05) is 26.2 Å². The number of piperazine rings is 1. The van der Waals surface area contributed by atoms with E-state index in [1.54, 1.807) is 0 Å². The summed E-state index contributed by atoms with van der Waals surface area (Å²) in [7, 11) is 2.14. The van der Waals surface area contributed by atoms with E-state index in [2.05, 4.69) is 65.8 Å². The standard InChI is InChI=1S/C18H25N3.2ClH/c1-14(2)12-18(21-10-8-19-9-11-21)16-13-20(3)17-7-5-4-6-15(16)17;;/h4-7,13,18-19H,1,8-12H2,2-3H3;2*1H/t18-;;/m0../s1. The number of nitrogens with zero attached hydrogens (tertiary/aromatic N) is 2. The number of fused-ring (bicyclic) bond motifs is 1. The van der Waals surface area contributed by atoms with Crippen LogP contribution in [-0.4, -0.2) is 35.6 Å². The van der Waals surface area contributed by atoms with Gasteiger partial charge in [-0.25, -0.2) is 0 Å². The molecule has 0 saturated carbocycles. The number of para-hydroxylation sites is 1. The Kier molecular flexibility index (Phi) is 7.62. The van der Waals surface area contributed by atoms with Crippen LogP contribution in [0.2, 0.25) is 0 Å². The zero-order valence-electron chi connectivity index (χ0n) is 13.9. The summed E-state index contributed by atoms with van der Waals surface area (Å²) in [4.78, 5) is 2.60. The number of nitrogens with one attached hydrogen (secondary N) is 1. The lowest BCUT2D eigenvalue weighted by Crippen LogP contribution is -2.45. The number of aromatic nitrogens is 1. The van der Waals surface area contributed by atoms with Crippen LogP contribution in [0.1, 0.15) is 24.9 Å². The summed E-state index contributed by atoms with van der Waals surface area (Å²) >= 11 is 0. The fraction of sp³-hybridized carbons (Fsp3) is 0.444. The van der Waals surface area contributed by atoms with E-state index in [1.165, 1.54) is 22.0 Å². The minimum atomic E-state index is 0. The molecule has 0 unspecified atom stereocenters.